The van der Waals surface area contributed by atoms with Gasteiger partial charge in [0.25, 0.3) is 0 Å². The van der Waals surface area contributed by atoms with Crippen LogP contribution in [-0.4, -0.2) is 35.9 Å². The summed E-state index contributed by atoms with van der Waals surface area (Å²) in [5.41, 5.74) is 1.31. The van der Waals surface area contributed by atoms with Gasteiger partial charge in [0.2, 0.25) is 10.0 Å². The number of benzene rings is 1. The third-order valence-electron chi connectivity index (χ3n) is 4.49. The van der Waals surface area contributed by atoms with Crippen molar-refractivity contribution in [3.05, 3.63) is 78.4 Å². The molecule has 0 atom stereocenters. The molecule has 0 radical (unpaired) electrons. The highest BCUT2D eigenvalue weighted by Crippen LogP contribution is 2.33. The summed E-state index contributed by atoms with van der Waals surface area (Å²) in [6.07, 6.45) is 4.05. The Balaban J connectivity index is 1.69. The molecule has 8 heteroatoms. The quantitative estimate of drug-likeness (QED) is 0.620. The molecule has 1 aliphatic rings. The van der Waals surface area contributed by atoms with Gasteiger partial charge in [-0.1, -0.05) is 12.1 Å². The summed E-state index contributed by atoms with van der Waals surface area (Å²) in [5, 5.41) is 0. The fraction of sp³-hybridized carbons (Fsp3) is 0.238. The fourth-order valence-electron chi connectivity index (χ4n) is 3.02. The highest BCUT2D eigenvalue weighted by molar-refractivity contribution is 7.89. The van der Waals surface area contributed by atoms with Crippen molar-refractivity contribution in [2.75, 3.05) is 13.2 Å². The summed E-state index contributed by atoms with van der Waals surface area (Å²) in [7, 11) is -3.83. The van der Waals surface area contributed by atoms with Crippen LogP contribution in [0.2, 0.25) is 0 Å². The van der Waals surface area contributed by atoms with Crippen molar-refractivity contribution in [1.29, 1.82) is 0 Å². The van der Waals surface area contributed by atoms with Crippen LogP contribution in [0.25, 0.3) is 0 Å². The molecule has 0 fully saturated rings. The van der Waals surface area contributed by atoms with Crippen LogP contribution in [0.5, 0.6) is 11.5 Å². The first kappa shape index (κ1) is 19.4. The van der Waals surface area contributed by atoms with Gasteiger partial charge >= 0.3 is 0 Å². The molecule has 7 nitrogen and oxygen atoms in total. The summed E-state index contributed by atoms with van der Waals surface area (Å²) < 4.78 is 39.6. The number of pyridine rings is 2. The van der Waals surface area contributed by atoms with Crippen molar-refractivity contribution < 1.29 is 17.9 Å². The van der Waals surface area contributed by atoms with Crippen LogP contribution in [0, 0.1) is 0 Å². The molecule has 3 heterocycles. The molecule has 0 spiro atoms. The summed E-state index contributed by atoms with van der Waals surface area (Å²) in [6.45, 7) is 1.30. The van der Waals surface area contributed by atoms with Gasteiger partial charge in [-0.05, 0) is 36.4 Å². The summed E-state index contributed by atoms with van der Waals surface area (Å²) in [6, 6.07) is 15.6. The second kappa shape index (κ2) is 8.59. The summed E-state index contributed by atoms with van der Waals surface area (Å²) in [4.78, 5) is 8.70. The Morgan fingerprint density at radius 1 is 0.828 bits per heavy atom. The molecule has 0 bridgehead atoms. The molecule has 3 aromatic rings. The molecule has 4 rings (SSSR count). The van der Waals surface area contributed by atoms with Crippen LogP contribution in [0.1, 0.15) is 17.8 Å². The van der Waals surface area contributed by atoms with Crippen molar-refractivity contribution >= 4 is 10.0 Å². The molecule has 0 N–H and O–H groups in total. The lowest BCUT2D eigenvalue weighted by Crippen LogP contribution is -2.31. The number of rotatable bonds is 6. The van der Waals surface area contributed by atoms with Crippen LogP contribution in [0.3, 0.4) is 0 Å². The van der Waals surface area contributed by atoms with E-state index in [0.717, 1.165) is 6.42 Å². The second-order valence-corrected chi connectivity index (χ2v) is 8.51. The average molecular weight is 411 g/mol. The average Bonchev–Trinajstić information content (AvgIpc) is 2.99. The highest BCUT2D eigenvalue weighted by atomic mass is 32.2. The van der Waals surface area contributed by atoms with E-state index in [1.165, 1.54) is 10.4 Å². The van der Waals surface area contributed by atoms with Crippen molar-refractivity contribution in [1.82, 2.24) is 14.3 Å². The Labute approximate surface area is 170 Å². The van der Waals surface area contributed by atoms with Crippen LogP contribution in [-0.2, 0) is 23.1 Å². The molecular weight excluding hydrogens is 390 g/mol. The standard InChI is InChI=1S/C21H21N3O4S/c25-29(26,19-8-9-20-21(14-19)28-13-5-12-27-20)24(15-17-6-1-3-10-22-17)16-18-7-2-4-11-23-18/h1-4,6-11,14H,5,12-13,15-16H2. The van der Waals surface area contributed by atoms with Gasteiger partial charge in [0.1, 0.15) is 0 Å². The van der Waals surface area contributed by atoms with Crippen molar-refractivity contribution in [2.24, 2.45) is 0 Å². The topological polar surface area (TPSA) is 81.6 Å². The van der Waals surface area contributed by atoms with E-state index >= 15 is 0 Å². The smallest absolute Gasteiger partial charge is 0.243 e. The minimum Gasteiger partial charge on any atom is -0.490 e. The fourth-order valence-corrected chi connectivity index (χ4v) is 4.42. The number of fused-ring (bicyclic) bond motifs is 1. The lowest BCUT2D eigenvalue weighted by Gasteiger charge is -2.22. The van der Waals surface area contributed by atoms with Gasteiger partial charge in [0, 0.05) is 24.9 Å². The molecule has 0 saturated heterocycles. The first-order valence-corrected chi connectivity index (χ1v) is 10.8. The zero-order valence-electron chi connectivity index (χ0n) is 15.8. The number of ether oxygens (including phenoxy) is 2. The molecule has 2 aromatic heterocycles. The van der Waals surface area contributed by atoms with Crippen LogP contribution in [0.4, 0.5) is 0 Å². The Morgan fingerprint density at radius 2 is 1.45 bits per heavy atom. The van der Waals surface area contributed by atoms with Gasteiger partial charge in [-0.25, -0.2) is 8.42 Å². The minimum atomic E-state index is -3.83. The van der Waals surface area contributed by atoms with Crippen molar-refractivity contribution in [3.8, 4) is 11.5 Å². The lowest BCUT2D eigenvalue weighted by molar-refractivity contribution is 0.296. The van der Waals surface area contributed by atoms with E-state index in [-0.39, 0.29) is 18.0 Å². The molecule has 0 amide bonds. The zero-order valence-corrected chi connectivity index (χ0v) is 16.6. The summed E-state index contributed by atoms with van der Waals surface area (Å²) in [5.74, 6) is 1.00. The minimum absolute atomic E-state index is 0.133. The van der Waals surface area contributed by atoms with Gasteiger partial charge < -0.3 is 9.47 Å². The molecule has 29 heavy (non-hydrogen) atoms. The number of nitrogens with zero attached hydrogens (tertiary/aromatic N) is 3. The largest absolute Gasteiger partial charge is 0.490 e. The van der Waals surface area contributed by atoms with E-state index in [2.05, 4.69) is 9.97 Å². The normalized spacial score (nSPS) is 13.8. The number of hydrogen-bond acceptors (Lipinski definition) is 6. The maximum atomic E-state index is 13.5. The van der Waals surface area contributed by atoms with Crippen LogP contribution in [0.15, 0.2) is 71.9 Å². The Bertz CT molecular complexity index is 1020. The predicted octanol–water partition coefficient (Wildman–Crippen LogP) is 3.03. The Morgan fingerprint density at radius 3 is 2.03 bits per heavy atom. The number of hydrogen-bond donors (Lipinski definition) is 0. The molecule has 1 aromatic carbocycles. The van der Waals surface area contributed by atoms with Crippen molar-refractivity contribution in [2.45, 2.75) is 24.4 Å². The van der Waals surface area contributed by atoms with Gasteiger partial charge in [-0.15, -0.1) is 0 Å². The lowest BCUT2D eigenvalue weighted by atomic mass is 10.3. The second-order valence-electron chi connectivity index (χ2n) is 6.57. The van der Waals surface area contributed by atoms with E-state index in [1.54, 1.807) is 48.8 Å². The number of aromatic nitrogens is 2. The van der Waals surface area contributed by atoms with Gasteiger partial charge in [-0.3, -0.25) is 9.97 Å². The zero-order chi connectivity index (χ0) is 20.1. The molecule has 150 valence electrons. The molecule has 0 aliphatic carbocycles. The van der Waals surface area contributed by atoms with Crippen molar-refractivity contribution in [3.63, 3.8) is 0 Å². The third-order valence-corrected chi connectivity index (χ3v) is 6.27. The van der Waals surface area contributed by atoms with Gasteiger partial charge in [0.05, 0.1) is 42.6 Å². The van der Waals surface area contributed by atoms with Crippen LogP contribution >= 0.6 is 0 Å². The first-order chi connectivity index (χ1) is 14.1. The monoisotopic (exact) mass is 411 g/mol. The maximum absolute atomic E-state index is 13.5. The van der Waals surface area contributed by atoms with E-state index in [0.29, 0.717) is 36.1 Å². The maximum Gasteiger partial charge on any atom is 0.243 e. The van der Waals surface area contributed by atoms with E-state index in [9.17, 15) is 8.42 Å². The van der Waals surface area contributed by atoms with E-state index < -0.39 is 10.0 Å². The van der Waals surface area contributed by atoms with Gasteiger partial charge in [0.15, 0.2) is 11.5 Å². The molecule has 1 aliphatic heterocycles. The predicted molar refractivity (Wildman–Crippen MR) is 107 cm³/mol. The van der Waals surface area contributed by atoms with Crippen LogP contribution < -0.4 is 9.47 Å². The highest BCUT2D eigenvalue weighted by Gasteiger charge is 2.27. The third kappa shape index (κ3) is 4.55. The van der Waals surface area contributed by atoms with E-state index in [4.69, 9.17) is 9.47 Å². The van der Waals surface area contributed by atoms with E-state index in [1.807, 2.05) is 12.1 Å². The SMILES string of the molecule is O=S(=O)(c1ccc2c(c1)OCCCO2)N(Cc1ccccn1)Cc1ccccn1. The first-order valence-electron chi connectivity index (χ1n) is 9.32. The summed E-state index contributed by atoms with van der Waals surface area (Å²) >= 11 is 0. The molecule has 0 unspecified atom stereocenters. The molecule has 0 saturated carbocycles. The Kier molecular flexibility index (Phi) is 5.73. The van der Waals surface area contributed by atoms with Gasteiger partial charge in [-0.2, -0.15) is 4.31 Å². The Hall–Kier alpha value is -2.97. The molecular formula is C21H21N3O4S. The number of sulfonamides is 1.